The summed E-state index contributed by atoms with van der Waals surface area (Å²) in [6.45, 7) is 9.72. The van der Waals surface area contributed by atoms with Crippen molar-refractivity contribution < 1.29 is 0 Å². The van der Waals surface area contributed by atoms with E-state index >= 15 is 0 Å². The Morgan fingerprint density at radius 2 is 1.72 bits per heavy atom. The van der Waals surface area contributed by atoms with Crippen LogP contribution in [0.5, 0.6) is 0 Å². The second-order valence-corrected chi connectivity index (χ2v) is 7.13. The van der Waals surface area contributed by atoms with Gasteiger partial charge in [0, 0.05) is 0 Å². The highest BCUT2D eigenvalue weighted by Crippen LogP contribution is 2.58. The minimum Gasteiger partial charge on any atom is -0.0651 e. The van der Waals surface area contributed by atoms with Gasteiger partial charge in [-0.05, 0) is 54.8 Å². The zero-order chi connectivity index (χ0) is 13.2. The van der Waals surface area contributed by atoms with Crippen LogP contribution in [0.15, 0.2) is 0 Å². The van der Waals surface area contributed by atoms with Gasteiger partial charge in [-0.25, -0.2) is 0 Å². The van der Waals surface area contributed by atoms with Crippen LogP contribution in [-0.2, 0) is 0 Å². The molecule has 2 aliphatic carbocycles. The van der Waals surface area contributed by atoms with Gasteiger partial charge in [0.2, 0.25) is 0 Å². The first kappa shape index (κ1) is 14.4. The Labute approximate surface area is 115 Å². The average molecular weight is 250 g/mol. The largest absolute Gasteiger partial charge is 0.0651 e. The first-order valence-electron chi connectivity index (χ1n) is 8.70. The summed E-state index contributed by atoms with van der Waals surface area (Å²) in [6.07, 6.45) is 13.4. The Balaban J connectivity index is 2.01. The zero-order valence-electron chi connectivity index (χ0n) is 13.2. The second-order valence-electron chi connectivity index (χ2n) is 7.13. The van der Waals surface area contributed by atoms with Crippen LogP contribution in [0.25, 0.3) is 0 Å². The van der Waals surface area contributed by atoms with Gasteiger partial charge >= 0.3 is 0 Å². The standard InChI is InChI=1S/C18H34/c1-5-14-9-10-15(13-14)16(6-2)17-11-12-18(17,7-3)8-4/h14-17H,5-13H2,1-4H3. The van der Waals surface area contributed by atoms with E-state index in [9.17, 15) is 0 Å². The summed E-state index contributed by atoms with van der Waals surface area (Å²) in [7, 11) is 0. The fourth-order valence-corrected chi connectivity index (χ4v) is 5.34. The van der Waals surface area contributed by atoms with Crippen molar-refractivity contribution in [3.63, 3.8) is 0 Å². The number of hydrogen-bond acceptors (Lipinski definition) is 0. The number of rotatable bonds is 6. The first-order chi connectivity index (χ1) is 8.70. The third-order valence-electron chi connectivity index (χ3n) is 6.90. The Hall–Kier alpha value is 0. The van der Waals surface area contributed by atoms with Gasteiger partial charge in [0.05, 0.1) is 0 Å². The fourth-order valence-electron chi connectivity index (χ4n) is 5.34. The van der Waals surface area contributed by atoms with Crippen molar-refractivity contribution in [2.45, 2.75) is 85.5 Å². The van der Waals surface area contributed by atoms with E-state index in [1.165, 1.54) is 51.4 Å². The molecule has 4 unspecified atom stereocenters. The van der Waals surface area contributed by atoms with Crippen molar-refractivity contribution >= 4 is 0 Å². The van der Waals surface area contributed by atoms with E-state index in [0.29, 0.717) is 0 Å². The average Bonchev–Trinajstić information content (AvgIpc) is 2.84. The molecule has 0 heteroatoms. The molecular weight excluding hydrogens is 216 g/mol. The lowest BCUT2D eigenvalue weighted by Crippen LogP contribution is -2.45. The number of hydrogen-bond donors (Lipinski definition) is 0. The van der Waals surface area contributed by atoms with Gasteiger partial charge in [0.15, 0.2) is 0 Å². The molecule has 4 atom stereocenters. The molecule has 0 spiro atoms. The van der Waals surface area contributed by atoms with Gasteiger partial charge in [-0.3, -0.25) is 0 Å². The molecule has 0 aliphatic heterocycles. The molecule has 2 saturated carbocycles. The van der Waals surface area contributed by atoms with Crippen LogP contribution in [0.2, 0.25) is 0 Å². The van der Waals surface area contributed by atoms with Gasteiger partial charge in [0.1, 0.15) is 0 Å². The molecule has 2 rings (SSSR count). The lowest BCUT2D eigenvalue weighted by atomic mass is 9.51. The maximum atomic E-state index is 2.46. The molecule has 0 amide bonds. The van der Waals surface area contributed by atoms with E-state index in [0.717, 1.165) is 29.1 Å². The Bertz CT molecular complexity index is 245. The van der Waals surface area contributed by atoms with Crippen LogP contribution in [0, 0.1) is 29.1 Å². The van der Waals surface area contributed by atoms with Crippen molar-refractivity contribution in [2.24, 2.45) is 29.1 Å². The SMILES string of the molecule is CCC1CCC(C(CC)C2CCC2(CC)CC)C1. The molecule has 0 saturated heterocycles. The monoisotopic (exact) mass is 250 g/mol. The van der Waals surface area contributed by atoms with E-state index < -0.39 is 0 Å². The molecular formula is C18H34. The summed E-state index contributed by atoms with van der Waals surface area (Å²) in [5.41, 5.74) is 0.741. The van der Waals surface area contributed by atoms with Crippen LogP contribution in [0.3, 0.4) is 0 Å². The molecule has 0 heterocycles. The van der Waals surface area contributed by atoms with Gasteiger partial charge < -0.3 is 0 Å². The summed E-state index contributed by atoms with van der Waals surface area (Å²) < 4.78 is 0. The molecule has 0 aromatic carbocycles. The molecule has 106 valence electrons. The van der Waals surface area contributed by atoms with Crippen molar-refractivity contribution in [3.8, 4) is 0 Å². The van der Waals surface area contributed by atoms with Crippen LogP contribution < -0.4 is 0 Å². The van der Waals surface area contributed by atoms with E-state index in [1.807, 2.05) is 0 Å². The Morgan fingerprint density at radius 3 is 2.11 bits per heavy atom. The maximum absolute atomic E-state index is 2.46. The molecule has 0 aromatic rings. The molecule has 0 N–H and O–H groups in total. The lowest BCUT2D eigenvalue weighted by Gasteiger charge is -2.54. The van der Waals surface area contributed by atoms with E-state index in [-0.39, 0.29) is 0 Å². The van der Waals surface area contributed by atoms with Crippen LogP contribution in [-0.4, -0.2) is 0 Å². The van der Waals surface area contributed by atoms with Crippen LogP contribution >= 0.6 is 0 Å². The minimum atomic E-state index is 0.741. The second kappa shape index (κ2) is 5.97. The quantitative estimate of drug-likeness (QED) is 0.538. The van der Waals surface area contributed by atoms with Crippen LogP contribution in [0.1, 0.15) is 85.5 Å². The van der Waals surface area contributed by atoms with Gasteiger partial charge in [-0.1, -0.05) is 59.8 Å². The third kappa shape index (κ3) is 2.37. The molecule has 2 aliphatic rings. The summed E-state index contributed by atoms with van der Waals surface area (Å²) in [5, 5.41) is 0. The Morgan fingerprint density at radius 1 is 1.00 bits per heavy atom. The summed E-state index contributed by atoms with van der Waals surface area (Å²) in [4.78, 5) is 0. The molecule has 2 fully saturated rings. The molecule has 0 radical (unpaired) electrons. The highest BCUT2D eigenvalue weighted by molar-refractivity contribution is 4.99. The first-order valence-corrected chi connectivity index (χ1v) is 8.70. The van der Waals surface area contributed by atoms with Gasteiger partial charge in [0.25, 0.3) is 0 Å². The molecule has 0 bridgehead atoms. The lowest BCUT2D eigenvalue weighted by molar-refractivity contribution is -0.0425. The summed E-state index contributed by atoms with van der Waals surface area (Å²) in [5.74, 6) is 4.25. The van der Waals surface area contributed by atoms with Crippen molar-refractivity contribution in [2.75, 3.05) is 0 Å². The van der Waals surface area contributed by atoms with Crippen molar-refractivity contribution in [1.29, 1.82) is 0 Å². The predicted molar refractivity (Wildman–Crippen MR) is 80.6 cm³/mol. The third-order valence-corrected chi connectivity index (χ3v) is 6.90. The topological polar surface area (TPSA) is 0 Å². The predicted octanol–water partition coefficient (Wildman–Crippen LogP) is 6.06. The Kier molecular flexibility index (Phi) is 4.78. The van der Waals surface area contributed by atoms with Crippen LogP contribution in [0.4, 0.5) is 0 Å². The normalized spacial score (nSPS) is 36.3. The van der Waals surface area contributed by atoms with Crippen molar-refractivity contribution in [3.05, 3.63) is 0 Å². The molecule has 0 aromatic heterocycles. The van der Waals surface area contributed by atoms with Gasteiger partial charge in [-0.15, -0.1) is 0 Å². The highest BCUT2D eigenvalue weighted by atomic mass is 14.5. The molecule has 18 heavy (non-hydrogen) atoms. The summed E-state index contributed by atoms with van der Waals surface area (Å²) >= 11 is 0. The van der Waals surface area contributed by atoms with Crippen molar-refractivity contribution in [1.82, 2.24) is 0 Å². The summed E-state index contributed by atoms with van der Waals surface area (Å²) in [6, 6.07) is 0. The van der Waals surface area contributed by atoms with E-state index in [4.69, 9.17) is 0 Å². The zero-order valence-corrected chi connectivity index (χ0v) is 13.2. The van der Waals surface area contributed by atoms with E-state index in [1.54, 1.807) is 6.42 Å². The maximum Gasteiger partial charge on any atom is -0.0272 e. The van der Waals surface area contributed by atoms with E-state index in [2.05, 4.69) is 27.7 Å². The molecule has 0 nitrogen and oxygen atoms in total. The van der Waals surface area contributed by atoms with Gasteiger partial charge in [-0.2, -0.15) is 0 Å². The minimum absolute atomic E-state index is 0.741. The smallest absolute Gasteiger partial charge is 0.0272 e. The fraction of sp³-hybridized carbons (Fsp3) is 1.00. The highest BCUT2D eigenvalue weighted by Gasteiger charge is 2.49.